The summed E-state index contributed by atoms with van der Waals surface area (Å²) in [5, 5.41) is 10.6. The number of hydrogen-bond acceptors (Lipinski definition) is 1. The minimum absolute atomic E-state index is 0.134. The Bertz CT molecular complexity index is 394. The Balaban J connectivity index is 2.17. The average molecular weight is 243 g/mol. The molecule has 0 aromatic heterocycles. The highest BCUT2D eigenvalue weighted by atomic mass is 35.5. The third-order valence-electron chi connectivity index (χ3n) is 3.66. The first kappa shape index (κ1) is 11.9. The van der Waals surface area contributed by atoms with Crippen molar-refractivity contribution < 1.29 is 9.50 Å². The molecular weight excluding hydrogens is 227 g/mol. The van der Waals surface area contributed by atoms with Gasteiger partial charge in [-0.05, 0) is 36.5 Å². The normalized spacial score (nSPS) is 29.6. The maximum Gasteiger partial charge on any atom is 0.142 e. The Morgan fingerprint density at radius 3 is 2.88 bits per heavy atom. The SMILES string of the molecule is CC1CCCC1(O)Cc1ccc(Cl)c(F)c1. The zero-order valence-electron chi connectivity index (χ0n) is 9.34. The summed E-state index contributed by atoms with van der Waals surface area (Å²) in [6.07, 6.45) is 3.42. The van der Waals surface area contributed by atoms with E-state index < -0.39 is 11.4 Å². The Hall–Kier alpha value is -0.600. The van der Waals surface area contributed by atoms with Crippen LogP contribution in [0.5, 0.6) is 0 Å². The first-order chi connectivity index (χ1) is 7.51. The highest BCUT2D eigenvalue weighted by Crippen LogP contribution is 2.38. The summed E-state index contributed by atoms with van der Waals surface area (Å²) in [7, 11) is 0. The van der Waals surface area contributed by atoms with Crippen molar-refractivity contribution in [1.29, 1.82) is 0 Å². The molecule has 1 aromatic carbocycles. The monoisotopic (exact) mass is 242 g/mol. The smallest absolute Gasteiger partial charge is 0.142 e. The summed E-state index contributed by atoms with van der Waals surface area (Å²) < 4.78 is 13.3. The molecular formula is C13H16ClFO. The summed E-state index contributed by atoms with van der Waals surface area (Å²) in [6, 6.07) is 4.76. The van der Waals surface area contributed by atoms with E-state index in [2.05, 4.69) is 6.92 Å². The van der Waals surface area contributed by atoms with Crippen LogP contribution < -0.4 is 0 Å². The van der Waals surface area contributed by atoms with E-state index in [9.17, 15) is 9.50 Å². The molecule has 1 N–H and O–H groups in total. The van der Waals surface area contributed by atoms with Crippen molar-refractivity contribution in [3.8, 4) is 0 Å². The van der Waals surface area contributed by atoms with Crippen LogP contribution in [0.15, 0.2) is 18.2 Å². The predicted octanol–water partition coefficient (Wildman–Crippen LogP) is 3.57. The Labute approximate surface area is 100 Å². The lowest BCUT2D eigenvalue weighted by atomic mass is 9.86. The molecule has 0 heterocycles. The minimum atomic E-state index is -0.666. The average Bonchev–Trinajstić information content (AvgIpc) is 2.53. The molecule has 0 saturated heterocycles. The van der Waals surface area contributed by atoms with Gasteiger partial charge in [0, 0.05) is 6.42 Å². The molecule has 0 bridgehead atoms. The van der Waals surface area contributed by atoms with Crippen molar-refractivity contribution >= 4 is 11.6 Å². The number of halogens is 2. The molecule has 0 amide bonds. The van der Waals surface area contributed by atoms with E-state index in [-0.39, 0.29) is 10.9 Å². The summed E-state index contributed by atoms with van der Waals surface area (Å²) in [6.45, 7) is 2.05. The molecule has 0 spiro atoms. The molecule has 0 aliphatic heterocycles. The molecule has 3 heteroatoms. The number of benzene rings is 1. The van der Waals surface area contributed by atoms with Gasteiger partial charge in [-0.3, -0.25) is 0 Å². The van der Waals surface area contributed by atoms with Crippen molar-refractivity contribution in [2.75, 3.05) is 0 Å². The molecule has 2 atom stereocenters. The summed E-state index contributed by atoms with van der Waals surface area (Å²) in [4.78, 5) is 0. The van der Waals surface area contributed by atoms with Crippen LogP contribution in [-0.2, 0) is 6.42 Å². The van der Waals surface area contributed by atoms with E-state index in [1.807, 2.05) is 0 Å². The van der Waals surface area contributed by atoms with E-state index in [1.165, 1.54) is 6.07 Å². The van der Waals surface area contributed by atoms with Crippen LogP contribution in [-0.4, -0.2) is 10.7 Å². The van der Waals surface area contributed by atoms with E-state index in [1.54, 1.807) is 12.1 Å². The highest BCUT2D eigenvalue weighted by molar-refractivity contribution is 6.30. The van der Waals surface area contributed by atoms with Crippen LogP contribution in [0.3, 0.4) is 0 Å². The van der Waals surface area contributed by atoms with Crippen LogP contribution in [0.25, 0.3) is 0 Å². The second kappa shape index (κ2) is 4.34. The van der Waals surface area contributed by atoms with Gasteiger partial charge >= 0.3 is 0 Å². The van der Waals surface area contributed by atoms with Crippen LogP contribution in [0.2, 0.25) is 5.02 Å². The van der Waals surface area contributed by atoms with Crippen LogP contribution in [0.1, 0.15) is 31.7 Å². The molecule has 1 aromatic rings. The molecule has 0 radical (unpaired) electrons. The first-order valence-electron chi connectivity index (χ1n) is 5.67. The fourth-order valence-electron chi connectivity index (χ4n) is 2.50. The second-order valence-corrected chi connectivity index (χ2v) is 5.23. The number of aliphatic hydroxyl groups is 1. The minimum Gasteiger partial charge on any atom is -0.389 e. The van der Waals surface area contributed by atoms with Crippen LogP contribution in [0.4, 0.5) is 4.39 Å². The third kappa shape index (κ3) is 2.23. The molecule has 1 fully saturated rings. The lowest BCUT2D eigenvalue weighted by Gasteiger charge is -2.27. The Morgan fingerprint density at radius 2 is 2.31 bits per heavy atom. The molecule has 1 aliphatic rings. The zero-order valence-corrected chi connectivity index (χ0v) is 10.1. The standard InChI is InChI=1S/C13H16ClFO/c1-9-3-2-6-13(9,16)8-10-4-5-11(14)12(15)7-10/h4-5,7,9,16H,2-3,6,8H2,1H3. The molecule has 2 unspecified atom stereocenters. The van der Waals surface area contributed by atoms with Crippen molar-refractivity contribution in [2.45, 2.75) is 38.2 Å². The molecule has 1 aliphatic carbocycles. The summed E-state index contributed by atoms with van der Waals surface area (Å²) in [5.41, 5.74) is 0.151. The largest absolute Gasteiger partial charge is 0.389 e. The zero-order chi connectivity index (χ0) is 11.8. The van der Waals surface area contributed by atoms with E-state index >= 15 is 0 Å². The third-order valence-corrected chi connectivity index (χ3v) is 3.96. The Kier molecular flexibility index (Phi) is 3.22. The van der Waals surface area contributed by atoms with Gasteiger partial charge in [-0.1, -0.05) is 31.0 Å². The summed E-state index contributed by atoms with van der Waals surface area (Å²) in [5.74, 6) is -0.125. The lowest BCUT2D eigenvalue weighted by molar-refractivity contribution is 0.00955. The second-order valence-electron chi connectivity index (χ2n) is 4.82. The van der Waals surface area contributed by atoms with Gasteiger partial charge in [-0.25, -0.2) is 4.39 Å². The first-order valence-corrected chi connectivity index (χ1v) is 6.05. The van der Waals surface area contributed by atoms with E-state index in [0.717, 1.165) is 24.8 Å². The van der Waals surface area contributed by atoms with Gasteiger partial charge in [0.25, 0.3) is 0 Å². The van der Waals surface area contributed by atoms with Gasteiger partial charge in [-0.2, -0.15) is 0 Å². The van der Waals surface area contributed by atoms with Crippen molar-refractivity contribution in [3.63, 3.8) is 0 Å². The topological polar surface area (TPSA) is 20.2 Å². The fourth-order valence-corrected chi connectivity index (χ4v) is 2.61. The van der Waals surface area contributed by atoms with Gasteiger partial charge < -0.3 is 5.11 Å². The van der Waals surface area contributed by atoms with Crippen LogP contribution in [0, 0.1) is 11.7 Å². The van der Waals surface area contributed by atoms with Gasteiger partial charge in [-0.15, -0.1) is 0 Å². The van der Waals surface area contributed by atoms with Crippen molar-refractivity contribution in [2.24, 2.45) is 5.92 Å². The molecule has 16 heavy (non-hydrogen) atoms. The molecule has 88 valence electrons. The predicted molar refractivity (Wildman–Crippen MR) is 63.1 cm³/mol. The molecule has 1 saturated carbocycles. The molecule has 1 nitrogen and oxygen atoms in total. The van der Waals surface area contributed by atoms with E-state index in [0.29, 0.717) is 6.42 Å². The van der Waals surface area contributed by atoms with Gasteiger partial charge in [0.2, 0.25) is 0 Å². The van der Waals surface area contributed by atoms with Gasteiger partial charge in [0.1, 0.15) is 5.82 Å². The number of hydrogen-bond donors (Lipinski definition) is 1. The fraction of sp³-hybridized carbons (Fsp3) is 0.538. The van der Waals surface area contributed by atoms with Crippen molar-refractivity contribution in [3.05, 3.63) is 34.6 Å². The van der Waals surface area contributed by atoms with Gasteiger partial charge in [0.15, 0.2) is 0 Å². The maximum atomic E-state index is 13.3. The van der Waals surface area contributed by atoms with E-state index in [4.69, 9.17) is 11.6 Å². The van der Waals surface area contributed by atoms with Crippen molar-refractivity contribution in [1.82, 2.24) is 0 Å². The summed E-state index contributed by atoms with van der Waals surface area (Å²) >= 11 is 5.62. The van der Waals surface area contributed by atoms with Crippen LogP contribution >= 0.6 is 11.6 Å². The van der Waals surface area contributed by atoms with Gasteiger partial charge in [0.05, 0.1) is 10.6 Å². The molecule has 2 rings (SSSR count). The maximum absolute atomic E-state index is 13.3. The lowest BCUT2D eigenvalue weighted by Crippen LogP contribution is -2.34. The quantitative estimate of drug-likeness (QED) is 0.841. The Morgan fingerprint density at radius 1 is 1.56 bits per heavy atom. The highest BCUT2D eigenvalue weighted by Gasteiger charge is 2.38. The number of rotatable bonds is 2.